The Morgan fingerprint density at radius 2 is 1.93 bits per heavy atom. The average molecular weight is 362 g/mol. The monoisotopic (exact) mass is 362 g/mol. The lowest BCUT2D eigenvalue weighted by Crippen LogP contribution is -2.49. The highest BCUT2D eigenvalue weighted by Crippen LogP contribution is 2.21. The van der Waals surface area contributed by atoms with E-state index in [9.17, 15) is 9.59 Å². The van der Waals surface area contributed by atoms with Gasteiger partial charge in [0.05, 0.1) is 11.0 Å². The lowest BCUT2D eigenvalue weighted by Gasteiger charge is -2.32. The van der Waals surface area contributed by atoms with Gasteiger partial charge in [-0.05, 0) is 37.1 Å². The lowest BCUT2D eigenvalue weighted by molar-refractivity contribution is -0.130. The third-order valence-electron chi connectivity index (χ3n) is 5.01. The highest BCUT2D eigenvalue weighted by Gasteiger charge is 2.23. The van der Waals surface area contributed by atoms with Crippen LogP contribution in [0.5, 0.6) is 0 Å². The molecule has 1 aromatic heterocycles. The first-order valence-corrected chi connectivity index (χ1v) is 9.22. The molecule has 4 rings (SSSR count). The van der Waals surface area contributed by atoms with E-state index in [0.29, 0.717) is 12.1 Å². The molecule has 0 saturated carbocycles. The maximum absolute atomic E-state index is 12.5. The van der Waals surface area contributed by atoms with Crippen LogP contribution in [0.4, 0.5) is 0 Å². The Kier molecular flexibility index (Phi) is 4.62. The highest BCUT2D eigenvalue weighted by atomic mass is 16.2. The van der Waals surface area contributed by atoms with E-state index in [4.69, 9.17) is 0 Å². The molecule has 138 valence electrons. The van der Waals surface area contributed by atoms with Crippen molar-refractivity contribution in [1.82, 2.24) is 20.2 Å². The van der Waals surface area contributed by atoms with Crippen molar-refractivity contribution < 1.29 is 9.59 Å². The third-order valence-corrected chi connectivity index (χ3v) is 5.01. The molecule has 1 aliphatic heterocycles. The maximum atomic E-state index is 12.5. The SMILES string of the molecule is CC(=O)N1CCCC(NC(=O)c2ccc(-c3nc4ccccc4[nH]3)cc2)C1. The van der Waals surface area contributed by atoms with Crippen LogP contribution in [0.1, 0.15) is 30.1 Å². The zero-order valence-corrected chi connectivity index (χ0v) is 15.2. The molecule has 2 amide bonds. The zero-order valence-electron chi connectivity index (χ0n) is 15.2. The number of hydrogen-bond donors (Lipinski definition) is 2. The summed E-state index contributed by atoms with van der Waals surface area (Å²) in [7, 11) is 0. The minimum atomic E-state index is -0.110. The van der Waals surface area contributed by atoms with E-state index in [2.05, 4.69) is 15.3 Å². The Labute approximate surface area is 157 Å². The molecule has 27 heavy (non-hydrogen) atoms. The Bertz CT molecular complexity index is 944. The number of amides is 2. The van der Waals surface area contributed by atoms with Crippen molar-refractivity contribution in [3.8, 4) is 11.4 Å². The summed E-state index contributed by atoms with van der Waals surface area (Å²) in [5.74, 6) is 0.734. The van der Waals surface area contributed by atoms with Crippen LogP contribution in [0.2, 0.25) is 0 Å². The predicted octanol–water partition coefficient (Wildman–Crippen LogP) is 2.97. The number of carbonyl (C=O) groups excluding carboxylic acids is 2. The Morgan fingerprint density at radius 3 is 2.67 bits per heavy atom. The van der Waals surface area contributed by atoms with Crippen molar-refractivity contribution in [3.05, 3.63) is 54.1 Å². The molecule has 1 fully saturated rings. The number of rotatable bonds is 3. The van der Waals surface area contributed by atoms with Gasteiger partial charge in [0.1, 0.15) is 5.82 Å². The predicted molar refractivity (Wildman–Crippen MR) is 104 cm³/mol. The second-order valence-electron chi connectivity index (χ2n) is 6.96. The molecular weight excluding hydrogens is 340 g/mol. The second kappa shape index (κ2) is 7.23. The van der Waals surface area contributed by atoms with Gasteiger partial charge >= 0.3 is 0 Å². The number of nitrogens with zero attached hydrogens (tertiary/aromatic N) is 2. The zero-order chi connectivity index (χ0) is 18.8. The van der Waals surface area contributed by atoms with E-state index in [1.54, 1.807) is 11.8 Å². The molecule has 1 aliphatic rings. The van der Waals surface area contributed by atoms with Gasteiger partial charge in [-0.3, -0.25) is 9.59 Å². The Morgan fingerprint density at radius 1 is 1.15 bits per heavy atom. The van der Waals surface area contributed by atoms with Gasteiger partial charge in [-0.25, -0.2) is 4.98 Å². The normalized spacial score (nSPS) is 17.1. The molecule has 0 spiro atoms. The number of piperidine rings is 1. The Balaban J connectivity index is 1.45. The molecule has 1 atom stereocenters. The van der Waals surface area contributed by atoms with Crippen LogP contribution in [-0.2, 0) is 4.79 Å². The number of likely N-dealkylation sites (tertiary alicyclic amines) is 1. The number of para-hydroxylation sites is 2. The lowest BCUT2D eigenvalue weighted by atomic mass is 10.0. The molecule has 1 saturated heterocycles. The van der Waals surface area contributed by atoms with Crippen LogP contribution < -0.4 is 5.32 Å². The molecular formula is C21H22N4O2. The van der Waals surface area contributed by atoms with Crippen molar-refractivity contribution >= 4 is 22.8 Å². The molecule has 2 aromatic carbocycles. The quantitative estimate of drug-likeness (QED) is 0.752. The van der Waals surface area contributed by atoms with Crippen molar-refractivity contribution in [3.63, 3.8) is 0 Å². The number of H-pyrrole nitrogens is 1. The molecule has 3 aromatic rings. The van der Waals surface area contributed by atoms with Gasteiger partial charge < -0.3 is 15.2 Å². The molecule has 0 bridgehead atoms. The van der Waals surface area contributed by atoms with Crippen LogP contribution in [0.25, 0.3) is 22.4 Å². The van der Waals surface area contributed by atoms with Crippen LogP contribution in [0.15, 0.2) is 48.5 Å². The van der Waals surface area contributed by atoms with Crippen molar-refractivity contribution in [2.75, 3.05) is 13.1 Å². The fourth-order valence-corrected chi connectivity index (χ4v) is 3.52. The average Bonchev–Trinajstić information content (AvgIpc) is 3.12. The van der Waals surface area contributed by atoms with Crippen LogP contribution in [0.3, 0.4) is 0 Å². The van der Waals surface area contributed by atoms with Crippen molar-refractivity contribution in [1.29, 1.82) is 0 Å². The minimum absolute atomic E-state index is 0.00481. The highest BCUT2D eigenvalue weighted by molar-refractivity contribution is 5.95. The summed E-state index contributed by atoms with van der Waals surface area (Å²) in [6, 6.07) is 15.3. The van der Waals surface area contributed by atoms with Gasteiger partial charge in [-0.1, -0.05) is 24.3 Å². The topological polar surface area (TPSA) is 78.1 Å². The summed E-state index contributed by atoms with van der Waals surface area (Å²) in [6.45, 7) is 2.92. The molecule has 0 radical (unpaired) electrons. The van der Waals surface area contributed by atoms with Gasteiger partial charge in [-0.2, -0.15) is 0 Å². The van der Waals surface area contributed by atoms with Crippen LogP contribution >= 0.6 is 0 Å². The van der Waals surface area contributed by atoms with E-state index >= 15 is 0 Å². The summed E-state index contributed by atoms with van der Waals surface area (Å²) in [5, 5.41) is 3.04. The molecule has 1 unspecified atom stereocenters. The van der Waals surface area contributed by atoms with Crippen molar-refractivity contribution in [2.24, 2.45) is 0 Å². The number of aromatic amines is 1. The largest absolute Gasteiger partial charge is 0.348 e. The summed E-state index contributed by atoms with van der Waals surface area (Å²) < 4.78 is 0. The summed E-state index contributed by atoms with van der Waals surface area (Å²) in [5.41, 5.74) is 3.45. The van der Waals surface area contributed by atoms with E-state index in [1.807, 2.05) is 48.5 Å². The molecule has 6 nitrogen and oxygen atoms in total. The van der Waals surface area contributed by atoms with E-state index < -0.39 is 0 Å². The first-order valence-electron chi connectivity index (χ1n) is 9.22. The van der Waals surface area contributed by atoms with E-state index in [1.165, 1.54) is 0 Å². The molecule has 2 N–H and O–H groups in total. The number of hydrogen-bond acceptors (Lipinski definition) is 3. The summed E-state index contributed by atoms with van der Waals surface area (Å²) >= 11 is 0. The minimum Gasteiger partial charge on any atom is -0.348 e. The van der Waals surface area contributed by atoms with E-state index in [-0.39, 0.29) is 17.9 Å². The van der Waals surface area contributed by atoms with Gasteiger partial charge in [0.25, 0.3) is 5.91 Å². The van der Waals surface area contributed by atoms with Gasteiger partial charge in [0, 0.05) is 37.2 Å². The number of benzene rings is 2. The second-order valence-corrected chi connectivity index (χ2v) is 6.96. The van der Waals surface area contributed by atoms with Gasteiger partial charge in [0.2, 0.25) is 5.91 Å². The number of carbonyl (C=O) groups is 2. The number of nitrogens with one attached hydrogen (secondary N) is 2. The summed E-state index contributed by atoms with van der Waals surface area (Å²) in [4.78, 5) is 33.7. The number of aromatic nitrogens is 2. The fraction of sp³-hybridized carbons (Fsp3) is 0.286. The standard InChI is InChI=1S/C21H22N4O2/c1-14(26)25-12-4-5-17(13-25)22-21(27)16-10-8-15(9-11-16)20-23-18-6-2-3-7-19(18)24-20/h2-3,6-11,17H,4-5,12-13H2,1H3,(H,22,27)(H,23,24). The summed E-state index contributed by atoms with van der Waals surface area (Å²) in [6.07, 6.45) is 1.81. The molecule has 0 aliphatic carbocycles. The van der Waals surface area contributed by atoms with Crippen LogP contribution in [-0.4, -0.2) is 45.8 Å². The number of imidazole rings is 1. The van der Waals surface area contributed by atoms with Crippen LogP contribution in [0, 0.1) is 0 Å². The third kappa shape index (κ3) is 3.69. The Hall–Kier alpha value is -3.15. The fourth-order valence-electron chi connectivity index (χ4n) is 3.52. The maximum Gasteiger partial charge on any atom is 0.251 e. The van der Waals surface area contributed by atoms with Gasteiger partial charge in [-0.15, -0.1) is 0 Å². The molecule has 2 heterocycles. The first kappa shape index (κ1) is 17.3. The van der Waals surface area contributed by atoms with Gasteiger partial charge in [0.15, 0.2) is 0 Å². The molecule has 6 heteroatoms. The van der Waals surface area contributed by atoms with E-state index in [0.717, 1.165) is 41.8 Å². The smallest absolute Gasteiger partial charge is 0.251 e. The first-order chi connectivity index (χ1) is 13.1. The number of fused-ring (bicyclic) bond motifs is 1. The van der Waals surface area contributed by atoms with Crippen molar-refractivity contribution in [2.45, 2.75) is 25.8 Å².